The average Bonchev–Trinajstić information content (AvgIpc) is 2.86. The van der Waals surface area contributed by atoms with E-state index in [-0.39, 0.29) is 5.78 Å². The quantitative estimate of drug-likeness (QED) is 0.758. The summed E-state index contributed by atoms with van der Waals surface area (Å²) in [5.74, 6) is 1.31. The fourth-order valence-corrected chi connectivity index (χ4v) is 1.67. The number of hydrogen-bond donors (Lipinski definition) is 0. The number of para-hydroxylation sites is 1. The second-order valence-corrected chi connectivity index (χ2v) is 3.91. The van der Waals surface area contributed by atoms with E-state index in [1.807, 2.05) is 32.2 Å². The Hall–Kier alpha value is -2.10. The molecule has 0 N–H and O–H groups in total. The first-order valence-electron chi connectivity index (χ1n) is 6.07. The van der Waals surface area contributed by atoms with Crippen LogP contribution in [0, 0.1) is 0 Å². The summed E-state index contributed by atoms with van der Waals surface area (Å²) in [4.78, 5) is 11.8. The predicted octanol–water partition coefficient (Wildman–Crippen LogP) is 3.29. The third-order valence-corrected chi connectivity index (χ3v) is 2.67. The van der Waals surface area contributed by atoms with E-state index < -0.39 is 0 Å². The molecule has 0 unspecified atom stereocenters. The van der Waals surface area contributed by atoms with Gasteiger partial charge in [-0.1, -0.05) is 19.1 Å². The van der Waals surface area contributed by atoms with E-state index in [1.165, 1.54) is 0 Å². The standard InChI is InChI=1S/C14H16N2O2/c1-3-13(17)12-7-5-6-8-14(12)18-11-9-15-16(4-2)10-11/h5-10H,3-4H2,1-2H3. The number of carbonyl (C=O) groups is 1. The van der Waals surface area contributed by atoms with Crippen molar-refractivity contribution in [1.82, 2.24) is 9.78 Å². The number of ketones is 1. The number of aryl methyl sites for hydroxylation is 1. The maximum absolute atomic E-state index is 11.8. The van der Waals surface area contributed by atoms with E-state index in [4.69, 9.17) is 4.74 Å². The van der Waals surface area contributed by atoms with Gasteiger partial charge in [-0.05, 0) is 19.1 Å². The molecular formula is C14H16N2O2. The first-order valence-corrected chi connectivity index (χ1v) is 6.07. The summed E-state index contributed by atoms with van der Waals surface area (Å²) >= 11 is 0. The van der Waals surface area contributed by atoms with Crippen molar-refractivity contribution in [3.63, 3.8) is 0 Å². The summed E-state index contributed by atoms with van der Waals surface area (Å²) < 4.78 is 7.49. The van der Waals surface area contributed by atoms with Gasteiger partial charge in [-0.3, -0.25) is 9.48 Å². The van der Waals surface area contributed by atoms with E-state index >= 15 is 0 Å². The van der Waals surface area contributed by atoms with Crippen LogP contribution in [0.3, 0.4) is 0 Å². The summed E-state index contributed by atoms with van der Waals surface area (Å²) in [5, 5.41) is 4.13. The number of hydrogen-bond acceptors (Lipinski definition) is 3. The van der Waals surface area contributed by atoms with Crippen LogP contribution in [0.5, 0.6) is 11.5 Å². The molecule has 0 aliphatic rings. The Kier molecular flexibility index (Phi) is 3.77. The van der Waals surface area contributed by atoms with Crippen LogP contribution in [0.25, 0.3) is 0 Å². The zero-order valence-electron chi connectivity index (χ0n) is 10.6. The molecule has 1 heterocycles. The number of aromatic nitrogens is 2. The Morgan fingerprint density at radius 1 is 1.33 bits per heavy atom. The van der Waals surface area contributed by atoms with Crippen LogP contribution in [0.2, 0.25) is 0 Å². The minimum absolute atomic E-state index is 0.0773. The third-order valence-electron chi connectivity index (χ3n) is 2.67. The number of benzene rings is 1. The van der Waals surface area contributed by atoms with Gasteiger partial charge in [-0.15, -0.1) is 0 Å². The van der Waals surface area contributed by atoms with Crippen LogP contribution in [-0.4, -0.2) is 15.6 Å². The van der Waals surface area contributed by atoms with Crippen LogP contribution in [0.15, 0.2) is 36.7 Å². The molecular weight excluding hydrogens is 228 g/mol. The second kappa shape index (κ2) is 5.49. The van der Waals surface area contributed by atoms with E-state index in [1.54, 1.807) is 23.0 Å². The molecule has 0 bridgehead atoms. The first kappa shape index (κ1) is 12.4. The molecule has 2 rings (SSSR count). The molecule has 0 saturated heterocycles. The molecule has 0 atom stereocenters. The van der Waals surface area contributed by atoms with Crippen molar-refractivity contribution in [2.45, 2.75) is 26.8 Å². The lowest BCUT2D eigenvalue weighted by Gasteiger charge is -2.07. The highest BCUT2D eigenvalue weighted by molar-refractivity contribution is 5.98. The summed E-state index contributed by atoms with van der Waals surface area (Å²) in [6, 6.07) is 7.27. The number of nitrogens with zero attached hydrogens (tertiary/aromatic N) is 2. The van der Waals surface area contributed by atoms with Gasteiger partial charge in [0.25, 0.3) is 0 Å². The Labute approximate surface area is 106 Å². The highest BCUT2D eigenvalue weighted by Crippen LogP contribution is 2.25. The van der Waals surface area contributed by atoms with Gasteiger partial charge in [0.05, 0.1) is 18.0 Å². The molecule has 1 aromatic heterocycles. The molecule has 0 amide bonds. The SMILES string of the molecule is CCC(=O)c1ccccc1Oc1cnn(CC)c1. The van der Waals surface area contributed by atoms with Gasteiger partial charge in [0.2, 0.25) is 0 Å². The zero-order chi connectivity index (χ0) is 13.0. The topological polar surface area (TPSA) is 44.1 Å². The predicted molar refractivity (Wildman–Crippen MR) is 69.0 cm³/mol. The highest BCUT2D eigenvalue weighted by Gasteiger charge is 2.11. The molecule has 0 fully saturated rings. The molecule has 0 spiro atoms. The summed E-state index contributed by atoms with van der Waals surface area (Å²) in [7, 11) is 0. The van der Waals surface area contributed by atoms with E-state index in [9.17, 15) is 4.79 Å². The molecule has 0 saturated carbocycles. The Balaban J connectivity index is 2.25. The summed E-state index contributed by atoms with van der Waals surface area (Å²) in [6.07, 6.45) is 3.93. The molecule has 2 aromatic rings. The maximum Gasteiger partial charge on any atom is 0.166 e. The van der Waals surface area contributed by atoms with Crippen molar-refractivity contribution in [1.29, 1.82) is 0 Å². The number of carbonyl (C=O) groups excluding carboxylic acids is 1. The van der Waals surface area contributed by atoms with Crippen LogP contribution in [0.4, 0.5) is 0 Å². The Morgan fingerprint density at radius 3 is 2.78 bits per heavy atom. The molecule has 0 radical (unpaired) electrons. The number of ether oxygens (including phenoxy) is 1. The van der Waals surface area contributed by atoms with Gasteiger partial charge in [-0.25, -0.2) is 0 Å². The van der Waals surface area contributed by atoms with Gasteiger partial charge in [0.1, 0.15) is 5.75 Å². The summed E-state index contributed by atoms with van der Waals surface area (Å²) in [5.41, 5.74) is 0.615. The van der Waals surface area contributed by atoms with Gasteiger partial charge in [0.15, 0.2) is 11.5 Å². The Morgan fingerprint density at radius 2 is 2.11 bits per heavy atom. The Bertz CT molecular complexity index is 546. The van der Waals surface area contributed by atoms with Crippen molar-refractivity contribution < 1.29 is 9.53 Å². The molecule has 1 aromatic carbocycles. The van der Waals surface area contributed by atoms with E-state index in [2.05, 4.69) is 5.10 Å². The lowest BCUT2D eigenvalue weighted by atomic mass is 10.1. The van der Waals surface area contributed by atoms with Gasteiger partial charge in [0, 0.05) is 13.0 Å². The average molecular weight is 244 g/mol. The van der Waals surface area contributed by atoms with Crippen LogP contribution in [0.1, 0.15) is 30.6 Å². The van der Waals surface area contributed by atoms with Crippen LogP contribution >= 0.6 is 0 Å². The van der Waals surface area contributed by atoms with Crippen molar-refractivity contribution >= 4 is 5.78 Å². The minimum Gasteiger partial charge on any atom is -0.453 e. The fraction of sp³-hybridized carbons (Fsp3) is 0.286. The van der Waals surface area contributed by atoms with Crippen LogP contribution in [-0.2, 0) is 6.54 Å². The normalized spacial score (nSPS) is 10.3. The highest BCUT2D eigenvalue weighted by atomic mass is 16.5. The lowest BCUT2D eigenvalue weighted by molar-refractivity contribution is 0.0986. The summed E-state index contributed by atoms with van der Waals surface area (Å²) in [6.45, 7) is 4.64. The monoisotopic (exact) mass is 244 g/mol. The molecule has 4 nitrogen and oxygen atoms in total. The molecule has 94 valence electrons. The molecule has 18 heavy (non-hydrogen) atoms. The number of Topliss-reactive ketones (excluding diaryl/α,β-unsaturated/α-hetero) is 1. The first-order chi connectivity index (χ1) is 8.74. The van der Waals surface area contributed by atoms with E-state index in [0.29, 0.717) is 23.5 Å². The van der Waals surface area contributed by atoms with Gasteiger partial charge >= 0.3 is 0 Å². The fourth-order valence-electron chi connectivity index (χ4n) is 1.67. The van der Waals surface area contributed by atoms with Crippen molar-refractivity contribution in [3.05, 3.63) is 42.2 Å². The van der Waals surface area contributed by atoms with Gasteiger partial charge in [-0.2, -0.15) is 5.10 Å². The molecule has 4 heteroatoms. The van der Waals surface area contributed by atoms with Crippen LogP contribution < -0.4 is 4.74 Å². The smallest absolute Gasteiger partial charge is 0.166 e. The van der Waals surface area contributed by atoms with Crippen molar-refractivity contribution in [2.24, 2.45) is 0 Å². The molecule has 0 aliphatic heterocycles. The largest absolute Gasteiger partial charge is 0.453 e. The third kappa shape index (κ3) is 2.59. The van der Waals surface area contributed by atoms with E-state index in [0.717, 1.165) is 6.54 Å². The zero-order valence-corrected chi connectivity index (χ0v) is 10.6. The lowest BCUT2D eigenvalue weighted by Crippen LogP contribution is -1.99. The van der Waals surface area contributed by atoms with Crippen molar-refractivity contribution in [3.8, 4) is 11.5 Å². The second-order valence-electron chi connectivity index (χ2n) is 3.91. The molecule has 0 aliphatic carbocycles. The van der Waals surface area contributed by atoms with Gasteiger partial charge < -0.3 is 4.74 Å². The maximum atomic E-state index is 11.8. The minimum atomic E-state index is 0.0773. The number of rotatable bonds is 5. The van der Waals surface area contributed by atoms with Crippen molar-refractivity contribution in [2.75, 3.05) is 0 Å².